The van der Waals surface area contributed by atoms with Gasteiger partial charge in [0.05, 0.1) is 18.9 Å². The van der Waals surface area contributed by atoms with Gasteiger partial charge < -0.3 is 14.7 Å². The number of likely N-dealkylation sites (tertiary alicyclic amines) is 1. The molecule has 1 atom stereocenters. The molecule has 1 aliphatic rings. The van der Waals surface area contributed by atoms with Gasteiger partial charge in [0.1, 0.15) is 5.75 Å². The Bertz CT molecular complexity index is 436. The Morgan fingerprint density at radius 2 is 2.47 bits per heavy atom. The van der Waals surface area contributed by atoms with Crippen molar-refractivity contribution in [3.63, 3.8) is 0 Å². The lowest BCUT2D eigenvalue weighted by Crippen LogP contribution is -2.35. The first-order valence-corrected chi connectivity index (χ1v) is 6.67. The Morgan fingerprint density at radius 3 is 3.21 bits per heavy atom. The molecule has 1 amide bonds. The molecule has 5 nitrogen and oxygen atoms in total. The Labute approximate surface area is 113 Å². The normalized spacial score (nSPS) is 18.6. The predicted molar refractivity (Wildman–Crippen MR) is 71.2 cm³/mol. The molecule has 1 aromatic heterocycles. The topological polar surface area (TPSA) is 62.7 Å². The molecule has 0 spiro atoms. The number of methoxy groups -OCH3 is 1. The number of rotatable bonds is 5. The molecular formula is C14H20N2O3. The molecule has 1 unspecified atom stereocenters. The van der Waals surface area contributed by atoms with Gasteiger partial charge in [0.15, 0.2) is 0 Å². The molecule has 104 valence electrons. The van der Waals surface area contributed by atoms with Crippen molar-refractivity contribution in [2.24, 2.45) is 0 Å². The summed E-state index contributed by atoms with van der Waals surface area (Å²) in [6, 6.07) is 1.93. The lowest BCUT2D eigenvalue weighted by molar-refractivity contribution is 0.0721. The molecule has 1 N–H and O–H groups in total. The maximum absolute atomic E-state index is 12.6. The molecule has 0 aliphatic carbocycles. The van der Waals surface area contributed by atoms with Crippen LogP contribution in [0.4, 0.5) is 0 Å². The average Bonchev–Trinajstić information content (AvgIpc) is 2.92. The first-order valence-electron chi connectivity index (χ1n) is 6.67. The molecule has 1 aliphatic heterocycles. The molecule has 0 aromatic carbocycles. The molecular weight excluding hydrogens is 244 g/mol. The first-order chi connectivity index (χ1) is 9.27. The zero-order chi connectivity index (χ0) is 13.7. The summed E-state index contributed by atoms with van der Waals surface area (Å²) in [5, 5.41) is 8.92. The van der Waals surface area contributed by atoms with E-state index in [-0.39, 0.29) is 18.6 Å². The number of carbonyl (C=O) groups is 1. The summed E-state index contributed by atoms with van der Waals surface area (Å²) in [7, 11) is 1.54. The van der Waals surface area contributed by atoms with Crippen LogP contribution in [0.1, 0.15) is 36.0 Å². The number of aromatic nitrogens is 1. The highest BCUT2D eigenvalue weighted by atomic mass is 16.5. The van der Waals surface area contributed by atoms with Gasteiger partial charge in [0, 0.05) is 25.4 Å². The minimum Gasteiger partial charge on any atom is -0.494 e. The van der Waals surface area contributed by atoms with Crippen LogP contribution in [0.5, 0.6) is 5.75 Å². The predicted octanol–water partition coefficient (Wildman–Crippen LogP) is 1.47. The van der Waals surface area contributed by atoms with Crippen molar-refractivity contribution in [2.75, 3.05) is 20.3 Å². The second kappa shape index (κ2) is 6.52. The van der Waals surface area contributed by atoms with E-state index in [0.717, 1.165) is 32.2 Å². The van der Waals surface area contributed by atoms with E-state index in [2.05, 4.69) is 4.98 Å². The Kier molecular flexibility index (Phi) is 4.74. The first kappa shape index (κ1) is 13.8. The van der Waals surface area contributed by atoms with Crippen molar-refractivity contribution in [1.29, 1.82) is 0 Å². The third-order valence-electron chi connectivity index (χ3n) is 3.57. The summed E-state index contributed by atoms with van der Waals surface area (Å²) >= 11 is 0. The van der Waals surface area contributed by atoms with E-state index in [0.29, 0.717) is 11.3 Å². The standard InChI is InChI=1S/C14H20N2O3/c1-19-13-10-15-7-6-12(13)14(18)16-8-2-4-11(16)5-3-9-17/h6-7,10-11,17H,2-5,8-9H2,1H3. The van der Waals surface area contributed by atoms with E-state index in [9.17, 15) is 4.79 Å². The van der Waals surface area contributed by atoms with Gasteiger partial charge in [0.2, 0.25) is 0 Å². The minimum absolute atomic E-state index is 0.000287. The average molecular weight is 264 g/mol. The van der Waals surface area contributed by atoms with Crippen molar-refractivity contribution in [1.82, 2.24) is 9.88 Å². The van der Waals surface area contributed by atoms with E-state index < -0.39 is 0 Å². The molecule has 0 saturated carbocycles. The van der Waals surface area contributed by atoms with Crippen molar-refractivity contribution in [3.05, 3.63) is 24.0 Å². The molecule has 2 rings (SSSR count). The van der Waals surface area contributed by atoms with Crippen LogP contribution in [-0.4, -0.2) is 47.2 Å². The second-order valence-corrected chi connectivity index (χ2v) is 4.74. The van der Waals surface area contributed by atoms with E-state index >= 15 is 0 Å². The van der Waals surface area contributed by atoms with Gasteiger partial charge in [-0.15, -0.1) is 0 Å². The highest BCUT2D eigenvalue weighted by Gasteiger charge is 2.30. The Balaban J connectivity index is 2.13. The maximum atomic E-state index is 12.6. The fourth-order valence-corrected chi connectivity index (χ4v) is 2.60. The highest BCUT2D eigenvalue weighted by Crippen LogP contribution is 2.26. The number of carbonyl (C=O) groups excluding carboxylic acids is 1. The number of amides is 1. The number of pyridine rings is 1. The van der Waals surface area contributed by atoms with Gasteiger partial charge >= 0.3 is 0 Å². The Hall–Kier alpha value is -1.62. The van der Waals surface area contributed by atoms with Crippen molar-refractivity contribution in [2.45, 2.75) is 31.7 Å². The number of aliphatic hydroxyl groups excluding tert-OH is 1. The molecule has 1 fully saturated rings. The van der Waals surface area contributed by atoms with Crippen LogP contribution in [0, 0.1) is 0 Å². The number of hydrogen-bond donors (Lipinski definition) is 1. The van der Waals surface area contributed by atoms with Crippen LogP contribution in [0.15, 0.2) is 18.5 Å². The van der Waals surface area contributed by atoms with Gasteiger partial charge in [-0.25, -0.2) is 0 Å². The highest BCUT2D eigenvalue weighted by molar-refractivity contribution is 5.97. The van der Waals surface area contributed by atoms with Gasteiger partial charge in [-0.3, -0.25) is 9.78 Å². The monoisotopic (exact) mass is 264 g/mol. The lowest BCUT2D eigenvalue weighted by Gasteiger charge is -2.25. The zero-order valence-corrected chi connectivity index (χ0v) is 11.2. The van der Waals surface area contributed by atoms with E-state index in [4.69, 9.17) is 9.84 Å². The zero-order valence-electron chi connectivity index (χ0n) is 11.2. The summed E-state index contributed by atoms with van der Waals surface area (Å²) in [6.45, 7) is 0.956. The van der Waals surface area contributed by atoms with Crippen molar-refractivity contribution in [3.8, 4) is 5.75 Å². The molecule has 0 bridgehead atoms. The lowest BCUT2D eigenvalue weighted by atomic mass is 10.1. The number of nitrogens with zero attached hydrogens (tertiary/aromatic N) is 2. The van der Waals surface area contributed by atoms with Crippen LogP contribution in [-0.2, 0) is 0 Å². The van der Waals surface area contributed by atoms with Gasteiger partial charge in [-0.2, -0.15) is 0 Å². The van der Waals surface area contributed by atoms with Crippen LogP contribution in [0.3, 0.4) is 0 Å². The van der Waals surface area contributed by atoms with Gasteiger partial charge in [-0.05, 0) is 31.7 Å². The molecule has 1 saturated heterocycles. The summed E-state index contributed by atoms with van der Waals surface area (Å²) in [4.78, 5) is 18.4. The van der Waals surface area contributed by atoms with E-state index in [1.54, 1.807) is 25.6 Å². The fourth-order valence-electron chi connectivity index (χ4n) is 2.60. The van der Waals surface area contributed by atoms with Crippen LogP contribution < -0.4 is 4.74 Å². The molecule has 2 heterocycles. The summed E-state index contributed by atoms with van der Waals surface area (Å²) < 4.78 is 5.19. The molecule has 0 radical (unpaired) electrons. The Morgan fingerprint density at radius 1 is 1.63 bits per heavy atom. The molecule has 19 heavy (non-hydrogen) atoms. The van der Waals surface area contributed by atoms with Crippen molar-refractivity contribution < 1.29 is 14.6 Å². The second-order valence-electron chi connectivity index (χ2n) is 4.74. The number of ether oxygens (including phenoxy) is 1. The number of aliphatic hydroxyl groups is 1. The largest absolute Gasteiger partial charge is 0.494 e. The van der Waals surface area contributed by atoms with Crippen LogP contribution in [0.25, 0.3) is 0 Å². The molecule has 1 aromatic rings. The van der Waals surface area contributed by atoms with Gasteiger partial charge in [0.25, 0.3) is 5.91 Å². The summed E-state index contributed by atoms with van der Waals surface area (Å²) in [5.74, 6) is 0.514. The van der Waals surface area contributed by atoms with E-state index in [1.807, 2.05) is 4.90 Å². The minimum atomic E-state index is -0.000287. The number of hydrogen-bond acceptors (Lipinski definition) is 4. The quantitative estimate of drug-likeness (QED) is 0.874. The SMILES string of the molecule is COc1cnccc1C(=O)N1CCCC1CCCO. The fraction of sp³-hybridized carbons (Fsp3) is 0.571. The van der Waals surface area contributed by atoms with Crippen molar-refractivity contribution >= 4 is 5.91 Å². The maximum Gasteiger partial charge on any atom is 0.257 e. The summed E-state index contributed by atoms with van der Waals surface area (Å²) in [6.07, 6.45) is 6.80. The molecule has 5 heteroatoms. The van der Waals surface area contributed by atoms with Crippen LogP contribution >= 0.6 is 0 Å². The smallest absolute Gasteiger partial charge is 0.257 e. The van der Waals surface area contributed by atoms with E-state index in [1.165, 1.54) is 0 Å². The third kappa shape index (κ3) is 3.04. The van der Waals surface area contributed by atoms with Crippen LogP contribution in [0.2, 0.25) is 0 Å². The summed E-state index contributed by atoms with van der Waals surface area (Å²) in [5.41, 5.74) is 0.563. The third-order valence-corrected chi connectivity index (χ3v) is 3.57. The van der Waals surface area contributed by atoms with Gasteiger partial charge in [-0.1, -0.05) is 0 Å².